The molecule has 0 radical (unpaired) electrons. The van der Waals surface area contributed by atoms with Crippen LogP contribution >= 0.6 is 11.3 Å². The van der Waals surface area contributed by atoms with Crippen molar-refractivity contribution in [1.82, 2.24) is 25.5 Å². The van der Waals surface area contributed by atoms with Gasteiger partial charge in [0.05, 0.1) is 10.4 Å². The van der Waals surface area contributed by atoms with Crippen molar-refractivity contribution in [1.29, 1.82) is 0 Å². The number of aromatic amines is 1. The fourth-order valence-corrected chi connectivity index (χ4v) is 2.51. The lowest BCUT2D eigenvalue weighted by Crippen LogP contribution is -2.49. The summed E-state index contributed by atoms with van der Waals surface area (Å²) in [6, 6.07) is 0.481. The number of anilines is 1. The predicted octanol–water partition coefficient (Wildman–Crippen LogP) is 0.726. The van der Waals surface area contributed by atoms with E-state index < -0.39 is 0 Å². The van der Waals surface area contributed by atoms with E-state index in [9.17, 15) is 0 Å². The summed E-state index contributed by atoms with van der Waals surface area (Å²) >= 11 is 1.56. The van der Waals surface area contributed by atoms with Crippen molar-refractivity contribution in [3.63, 3.8) is 0 Å². The number of thiazole rings is 1. The highest BCUT2D eigenvalue weighted by molar-refractivity contribution is 7.13. The lowest BCUT2D eigenvalue weighted by atomic mass is 10.2. The van der Waals surface area contributed by atoms with E-state index in [1.165, 1.54) is 0 Å². The number of nitrogens with zero attached hydrogens (tertiary/aromatic N) is 4. The first-order chi connectivity index (χ1) is 8.33. The molecule has 1 saturated heterocycles. The Balaban J connectivity index is 1.80. The zero-order valence-corrected chi connectivity index (χ0v) is 10.4. The zero-order valence-electron chi connectivity index (χ0n) is 9.55. The molecule has 2 aromatic rings. The molecular formula is C10H14N6S. The maximum atomic E-state index is 4.51. The van der Waals surface area contributed by atoms with Gasteiger partial charge in [0.15, 0.2) is 5.82 Å². The summed E-state index contributed by atoms with van der Waals surface area (Å²) in [4.78, 5) is 11.8. The predicted molar refractivity (Wildman–Crippen MR) is 67.2 cm³/mol. The van der Waals surface area contributed by atoms with Crippen LogP contribution < -0.4 is 10.2 Å². The van der Waals surface area contributed by atoms with Gasteiger partial charge in [-0.1, -0.05) is 0 Å². The molecule has 7 heteroatoms. The van der Waals surface area contributed by atoms with Gasteiger partial charge in [-0.25, -0.2) is 0 Å². The molecule has 17 heavy (non-hydrogen) atoms. The topological polar surface area (TPSA) is 69.7 Å². The molecule has 3 rings (SSSR count). The quantitative estimate of drug-likeness (QED) is 0.822. The van der Waals surface area contributed by atoms with Gasteiger partial charge in [0.25, 0.3) is 0 Å². The Kier molecular flexibility index (Phi) is 2.77. The van der Waals surface area contributed by atoms with Gasteiger partial charge in [-0.3, -0.25) is 10.1 Å². The number of hydrogen-bond donors (Lipinski definition) is 2. The van der Waals surface area contributed by atoms with Crippen molar-refractivity contribution in [2.24, 2.45) is 0 Å². The van der Waals surface area contributed by atoms with Crippen LogP contribution in [-0.2, 0) is 0 Å². The Labute approximate surface area is 103 Å². The fraction of sp³-hybridized carbons (Fsp3) is 0.500. The third-order valence-corrected chi connectivity index (χ3v) is 3.57. The Morgan fingerprint density at radius 1 is 1.53 bits per heavy atom. The minimum absolute atomic E-state index is 0.481. The van der Waals surface area contributed by atoms with Gasteiger partial charge in [0.1, 0.15) is 0 Å². The Bertz CT molecular complexity index is 479. The smallest absolute Gasteiger partial charge is 0.245 e. The molecule has 1 aliphatic heterocycles. The monoisotopic (exact) mass is 250 g/mol. The molecule has 1 fully saturated rings. The van der Waals surface area contributed by atoms with Crippen molar-refractivity contribution in [3.8, 4) is 10.7 Å². The Morgan fingerprint density at radius 2 is 2.47 bits per heavy atom. The van der Waals surface area contributed by atoms with E-state index >= 15 is 0 Å². The second kappa shape index (κ2) is 4.42. The van der Waals surface area contributed by atoms with Crippen LogP contribution in [0, 0.1) is 0 Å². The molecule has 3 heterocycles. The molecule has 0 spiro atoms. The fourth-order valence-electron chi connectivity index (χ4n) is 1.95. The summed E-state index contributed by atoms with van der Waals surface area (Å²) in [5.74, 6) is 1.58. The lowest BCUT2D eigenvalue weighted by molar-refractivity contribution is 0.480. The number of hydrogen-bond acceptors (Lipinski definition) is 6. The normalized spacial score (nSPS) is 20.8. The molecule has 2 aromatic heterocycles. The molecule has 1 aliphatic rings. The SMILES string of the molecule is CC1CN(c2n[nH]c(-c3cncs3)n2)CCN1. The maximum Gasteiger partial charge on any atom is 0.245 e. The molecule has 6 nitrogen and oxygen atoms in total. The summed E-state index contributed by atoms with van der Waals surface area (Å²) in [6.45, 7) is 5.04. The number of H-pyrrole nitrogens is 1. The Morgan fingerprint density at radius 3 is 3.24 bits per heavy atom. The van der Waals surface area contributed by atoms with Crippen molar-refractivity contribution < 1.29 is 0 Å². The minimum atomic E-state index is 0.481. The van der Waals surface area contributed by atoms with Crippen molar-refractivity contribution in [2.45, 2.75) is 13.0 Å². The van der Waals surface area contributed by atoms with E-state index in [2.05, 4.69) is 37.3 Å². The van der Waals surface area contributed by atoms with Crippen LogP contribution in [0.5, 0.6) is 0 Å². The average Bonchev–Trinajstić information content (AvgIpc) is 3.00. The van der Waals surface area contributed by atoms with Crippen LogP contribution in [0.4, 0.5) is 5.95 Å². The molecule has 0 amide bonds. The minimum Gasteiger partial charge on any atom is -0.337 e. The van der Waals surface area contributed by atoms with E-state index in [0.717, 1.165) is 36.3 Å². The van der Waals surface area contributed by atoms with Crippen molar-refractivity contribution in [3.05, 3.63) is 11.7 Å². The van der Waals surface area contributed by atoms with E-state index in [1.807, 2.05) is 0 Å². The van der Waals surface area contributed by atoms with Crippen LogP contribution in [0.2, 0.25) is 0 Å². The maximum absolute atomic E-state index is 4.51. The number of aromatic nitrogens is 4. The highest BCUT2D eigenvalue weighted by Gasteiger charge is 2.19. The summed E-state index contributed by atoms with van der Waals surface area (Å²) in [6.07, 6.45) is 1.80. The van der Waals surface area contributed by atoms with E-state index in [-0.39, 0.29) is 0 Å². The second-order valence-corrected chi connectivity index (χ2v) is 5.04. The standard InChI is InChI=1S/C10H14N6S/c1-7-5-16(3-2-12-7)10-13-9(14-15-10)8-4-11-6-17-8/h4,6-7,12H,2-3,5H2,1H3,(H,13,14,15). The zero-order chi connectivity index (χ0) is 11.7. The molecule has 90 valence electrons. The first kappa shape index (κ1) is 10.7. The van der Waals surface area contributed by atoms with Gasteiger partial charge in [0.2, 0.25) is 5.95 Å². The molecule has 0 saturated carbocycles. The summed E-state index contributed by atoms with van der Waals surface area (Å²) in [5, 5.41) is 10.6. The number of rotatable bonds is 2. The molecule has 0 bridgehead atoms. The highest BCUT2D eigenvalue weighted by Crippen LogP contribution is 2.21. The van der Waals surface area contributed by atoms with Crippen LogP contribution in [0.3, 0.4) is 0 Å². The third kappa shape index (κ3) is 2.16. The summed E-state index contributed by atoms with van der Waals surface area (Å²) in [5.41, 5.74) is 1.80. The summed E-state index contributed by atoms with van der Waals surface area (Å²) < 4.78 is 0. The largest absolute Gasteiger partial charge is 0.337 e. The van der Waals surface area contributed by atoms with E-state index in [0.29, 0.717) is 6.04 Å². The molecule has 0 aliphatic carbocycles. The molecular weight excluding hydrogens is 236 g/mol. The van der Waals surface area contributed by atoms with Crippen molar-refractivity contribution >= 4 is 17.3 Å². The van der Waals surface area contributed by atoms with Gasteiger partial charge < -0.3 is 10.2 Å². The van der Waals surface area contributed by atoms with Gasteiger partial charge in [0, 0.05) is 31.9 Å². The third-order valence-electron chi connectivity index (χ3n) is 2.79. The van der Waals surface area contributed by atoms with Gasteiger partial charge in [-0.05, 0) is 6.92 Å². The van der Waals surface area contributed by atoms with Gasteiger partial charge in [-0.15, -0.1) is 16.4 Å². The lowest BCUT2D eigenvalue weighted by Gasteiger charge is -2.30. The second-order valence-electron chi connectivity index (χ2n) is 4.15. The van der Waals surface area contributed by atoms with Crippen LogP contribution in [-0.4, -0.2) is 45.8 Å². The molecule has 2 N–H and O–H groups in total. The first-order valence-corrected chi connectivity index (χ1v) is 6.50. The Hall–Kier alpha value is -1.47. The molecule has 1 unspecified atom stereocenters. The van der Waals surface area contributed by atoms with E-state index in [1.54, 1.807) is 23.0 Å². The van der Waals surface area contributed by atoms with Crippen LogP contribution in [0.1, 0.15) is 6.92 Å². The van der Waals surface area contributed by atoms with E-state index in [4.69, 9.17) is 0 Å². The highest BCUT2D eigenvalue weighted by atomic mass is 32.1. The number of piperazine rings is 1. The molecule has 1 atom stereocenters. The number of nitrogens with one attached hydrogen (secondary N) is 2. The average molecular weight is 250 g/mol. The summed E-state index contributed by atoms with van der Waals surface area (Å²) in [7, 11) is 0. The van der Waals surface area contributed by atoms with Gasteiger partial charge >= 0.3 is 0 Å². The van der Waals surface area contributed by atoms with Gasteiger partial charge in [-0.2, -0.15) is 4.98 Å². The van der Waals surface area contributed by atoms with Crippen molar-refractivity contribution in [2.75, 3.05) is 24.5 Å². The molecule has 0 aromatic carbocycles. The first-order valence-electron chi connectivity index (χ1n) is 5.62. The van der Waals surface area contributed by atoms with Crippen LogP contribution in [0.15, 0.2) is 11.7 Å². The van der Waals surface area contributed by atoms with Crippen LogP contribution in [0.25, 0.3) is 10.7 Å².